The minimum atomic E-state index is -1.05. The zero-order valence-electron chi connectivity index (χ0n) is 10.6. The van der Waals surface area contributed by atoms with Gasteiger partial charge in [0.2, 0.25) is 0 Å². The zero-order valence-corrected chi connectivity index (χ0v) is 10.6. The number of anilines is 1. The fourth-order valence-corrected chi connectivity index (χ4v) is 1.10. The number of hydrogen-bond donors (Lipinski definition) is 3. The van der Waals surface area contributed by atoms with Gasteiger partial charge in [-0.1, -0.05) is 0 Å². The highest BCUT2D eigenvalue weighted by atomic mass is 16.3. The first-order valence-electron chi connectivity index (χ1n) is 5.40. The van der Waals surface area contributed by atoms with E-state index in [1.165, 1.54) is 6.20 Å². The molecule has 1 aromatic heterocycles. The van der Waals surface area contributed by atoms with Crippen LogP contribution in [0.4, 0.5) is 5.69 Å². The first-order valence-corrected chi connectivity index (χ1v) is 5.40. The lowest BCUT2D eigenvalue weighted by molar-refractivity contribution is -0.00300. The maximum Gasteiger partial charge on any atom is 0.272 e. The number of aromatic nitrogens is 1. The molecule has 0 saturated heterocycles. The molecule has 0 atom stereocenters. The summed E-state index contributed by atoms with van der Waals surface area (Å²) in [5.74, 6) is -0.393. The van der Waals surface area contributed by atoms with Crippen molar-refractivity contribution in [3.05, 3.63) is 24.0 Å². The minimum absolute atomic E-state index is 0.171. The van der Waals surface area contributed by atoms with Gasteiger partial charge in [0.05, 0.1) is 16.8 Å². The molecule has 0 spiro atoms. The van der Waals surface area contributed by atoms with Crippen LogP contribution in [0.5, 0.6) is 0 Å². The summed E-state index contributed by atoms with van der Waals surface area (Å²) >= 11 is 0. The van der Waals surface area contributed by atoms with Crippen molar-refractivity contribution in [3.63, 3.8) is 0 Å². The van der Waals surface area contributed by atoms with Gasteiger partial charge in [-0.15, -0.1) is 0 Å². The number of nitrogens with zero attached hydrogens (tertiary/aromatic N) is 1. The van der Waals surface area contributed by atoms with Gasteiger partial charge in [-0.05, 0) is 39.8 Å². The number of hydrogen-bond acceptors (Lipinski definition) is 4. The van der Waals surface area contributed by atoms with Crippen LogP contribution < -0.4 is 11.1 Å². The third-order valence-electron chi connectivity index (χ3n) is 3.01. The van der Waals surface area contributed by atoms with E-state index in [4.69, 9.17) is 5.73 Å². The molecule has 0 aliphatic rings. The highest BCUT2D eigenvalue weighted by Crippen LogP contribution is 2.21. The zero-order chi connectivity index (χ0) is 13.3. The van der Waals surface area contributed by atoms with Crippen LogP contribution >= 0.6 is 0 Å². The molecule has 1 amide bonds. The fraction of sp³-hybridized carbons (Fsp3) is 0.500. The normalized spacial score (nSPS) is 12.3. The highest BCUT2D eigenvalue weighted by Gasteiger charge is 2.36. The Morgan fingerprint density at radius 1 is 1.41 bits per heavy atom. The topological polar surface area (TPSA) is 88.2 Å². The van der Waals surface area contributed by atoms with Crippen molar-refractivity contribution in [2.24, 2.45) is 0 Å². The Morgan fingerprint density at radius 3 is 2.47 bits per heavy atom. The highest BCUT2D eigenvalue weighted by molar-refractivity contribution is 5.97. The van der Waals surface area contributed by atoms with E-state index in [1.807, 2.05) is 0 Å². The second kappa shape index (κ2) is 4.33. The van der Waals surface area contributed by atoms with Gasteiger partial charge in [0, 0.05) is 6.20 Å². The van der Waals surface area contributed by atoms with Crippen molar-refractivity contribution in [1.29, 1.82) is 0 Å². The van der Waals surface area contributed by atoms with Crippen molar-refractivity contribution in [1.82, 2.24) is 10.3 Å². The van der Waals surface area contributed by atoms with E-state index >= 15 is 0 Å². The molecule has 0 bridgehead atoms. The van der Waals surface area contributed by atoms with Gasteiger partial charge in [0.15, 0.2) is 5.69 Å². The summed E-state index contributed by atoms with van der Waals surface area (Å²) in [7, 11) is 0. The van der Waals surface area contributed by atoms with Crippen LogP contribution in [0, 0.1) is 0 Å². The van der Waals surface area contributed by atoms with E-state index in [0.29, 0.717) is 5.69 Å². The molecule has 0 radical (unpaired) electrons. The summed E-state index contributed by atoms with van der Waals surface area (Å²) in [6, 6.07) is 3.27. The van der Waals surface area contributed by atoms with Crippen molar-refractivity contribution >= 4 is 11.6 Å². The number of carbonyl (C=O) groups is 1. The van der Waals surface area contributed by atoms with E-state index in [1.54, 1.807) is 39.8 Å². The summed E-state index contributed by atoms with van der Waals surface area (Å²) in [6.45, 7) is 6.75. The molecule has 0 aliphatic carbocycles. The van der Waals surface area contributed by atoms with E-state index in [0.717, 1.165) is 0 Å². The SMILES string of the molecule is CC(C)(O)C(C)(C)NC(=O)c1ncccc1N. The number of nitrogen functional groups attached to an aromatic ring is 1. The van der Waals surface area contributed by atoms with Crippen LogP contribution in [0.2, 0.25) is 0 Å². The molecule has 1 rings (SSSR count). The Labute approximate surface area is 101 Å². The average molecular weight is 237 g/mol. The first-order chi connectivity index (χ1) is 7.65. The van der Waals surface area contributed by atoms with Gasteiger partial charge in [0.1, 0.15) is 0 Å². The molecule has 1 aromatic rings. The predicted molar refractivity (Wildman–Crippen MR) is 66.5 cm³/mol. The third-order valence-corrected chi connectivity index (χ3v) is 3.01. The number of amides is 1. The third kappa shape index (κ3) is 2.94. The van der Waals surface area contributed by atoms with Crippen LogP contribution in [0.25, 0.3) is 0 Å². The quantitative estimate of drug-likeness (QED) is 0.730. The van der Waals surface area contributed by atoms with Gasteiger partial charge >= 0.3 is 0 Å². The Balaban J connectivity index is 2.92. The first kappa shape index (κ1) is 13.4. The molecule has 5 heteroatoms. The Kier molecular flexibility index (Phi) is 3.43. The molecule has 0 saturated carbocycles. The lowest BCUT2D eigenvalue weighted by Gasteiger charge is -2.37. The maximum atomic E-state index is 12.0. The van der Waals surface area contributed by atoms with E-state index in [9.17, 15) is 9.90 Å². The van der Waals surface area contributed by atoms with Crippen molar-refractivity contribution in [3.8, 4) is 0 Å². The van der Waals surface area contributed by atoms with E-state index < -0.39 is 17.0 Å². The summed E-state index contributed by atoms with van der Waals surface area (Å²) < 4.78 is 0. The number of carbonyl (C=O) groups excluding carboxylic acids is 1. The molecule has 17 heavy (non-hydrogen) atoms. The van der Waals surface area contributed by atoms with E-state index in [2.05, 4.69) is 10.3 Å². The molecule has 94 valence electrons. The lowest BCUT2D eigenvalue weighted by Crippen LogP contribution is -2.57. The van der Waals surface area contributed by atoms with Crippen molar-refractivity contribution < 1.29 is 9.90 Å². The number of aliphatic hydroxyl groups is 1. The molecule has 0 fully saturated rings. The number of nitrogens with one attached hydrogen (secondary N) is 1. The van der Waals surface area contributed by atoms with Crippen LogP contribution in [-0.2, 0) is 0 Å². The molecule has 4 N–H and O–H groups in total. The molecular formula is C12H19N3O2. The fourth-order valence-electron chi connectivity index (χ4n) is 1.10. The standard InChI is InChI=1S/C12H19N3O2/c1-11(2,12(3,4)17)15-10(16)9-8(13)6-5-7-14-9/h5-7,17H,13H2,1-4H3,(H,15,16). The van der Waals surface area contributed by atoms with Crippen LogP contribution in [0.1, 0.15) is 38.2 Å². The average Bonchev–Trinajstić information content (AvgIpc) is 2.15. The molecule has 0 unspecified atom stereocenters. The number of pyridine rings is 1. The van der Waals surface area contributed by atoms with Gasteiger partial charge in [0.25, 0.3) is 5.91 Å². The van der Waals surface area contributed by atoms with Crippen molar-refractivity contribution in [2.45, 2.75) is 38.8 Å². The summed E-state index contributed by atoms with van der Waals surface area (Å²) in [5, 5.41) is 12.7. The molecule has 1 heterocycles. The lowest BCUT2D eigenvalue weighted by atomic mass is 9.86. The minimum Gasteiger partial charge on any atom is -0.397 e. The van der Waals surface area contributed by atoms with Gasteiger partial charge in [-0.2, -0.15) is 0 Å². The van der Waals surface area contributed by atoms with Crippen LogP contribution in [0.15, 0.2) is 18.3 Å². The molecule has 0 aromatic carbocycles. The van der Waals surface area contributed by atoms with Gasteiger partial charge < -0.3 is 16.2 Å². The Bertz CT molecular complexity index is 422. The van der Waals surface area contributed by atoms with Crippen LogP contribution in [0.3, 0.4) is 0 Å². The Morgan fingerprint density at radius 2 is 2.00 bits per heavy atom. The largest absolute Gasteiger partial charge is 0.397 e. The molecule has 0 aliphatic heterocycles. The second-order valence-corrected chi connectivity index (χ2v) is 5.08. The molecule has 5 nitrogen and oxygen atoms in total. The van der Waals surface area contributed by atoms with Gasteiger partial charge in [-0.25, -0.2) is 4.98 Å². The smallest absolute Gasteiger partial charge is 0.272 e. The molecular weight excluding hydrogens is 218 g/mol. The number of rotatable bonds is 3. The van der Waals surface area contributed by atoms with E-state index in [-0.39, 0.29) is 5.69 Å². The summed E-state index contributed by atoms with van der Waals surface area (Å²) in [5.41, 5.74) is 4.32. The monoisotopic (exact) mass is 237 g/mol. The predicted octanol–water partition coefficient (Wildman–Crippen LogP) is 0.943. The van der Waals surface area contributed by atoms with Gasteiger partial charge in [-0.3, -0.25) is 4.79 Å². The summed E-state index contributed by atoms with van der Waals surface area (Å²) in [4.78, 5) is 15.9. The maximum absolute atomic E-state index is 12.0. The van der Waals surface area contributed by atoms with Crippen molar-refractivity contribution in [2.75, 3.05) is 5.73 Å². The Hall–Kier alpha value is -1.62. The summed E-state index contributed by atoms with van der Waals surface area (Å²) in [6.07, 6.45) is 1.50. The number of nitrogens with two attached hydrogens (primary N) is 1. The second-order valence-electron chi connectivity index (χ2n) is 5.08. The van der Waals surface area contributed by atoms with Crippen LogP contribution in [-0.4, -0.2) is 27.1 Å².